The number of imidazole rings is 1. The Labute approximate surface area is 111 Å². The van der Waals surface area contributed by atoms with Gasteiger partial charge in [0, 0.05) is 38.6 Å². The summed E-state index contributed by atoms with van der Waals surface area (Å²) in [5.74, 6) is 1.12. The molecule has 0 bridgehead atoms. The SMILES string of the molecule is CC(C)NCC(C)(C)CN(C)Cc1nccn1C. The monoisotopic (exact) mass is 252 g/mol. The third-order valence-electron chi connectivity index (χ3n) is 3.02. The largest absolute Gasteiger partial charge is 0.337 e. The van der Waals surface area contributed by atoms with Gasteiger partial charge in [-0.2, -0.15) is 0 Å². The van der Waals surface area contributed by atoms with Gasteiger partial charge in [-0.05, 0) is 12.5 Å². The van der Waals surface area contributed by atoms with Crippen LogP contribution in [0.2, 0.25) is 0 Å². The van der Waals surface area contributed by atoms with Gasteiger partial charge >= 0.3 is 0 Å². The maximum absolute atomic E-state index is 4.37. The van der Waals surface area contributed by atoms with Crippen LogP contribution in [0, 0.1) is 5.41 Å². The maximum atomic E-state index is 4.37. The molecule has 0 unspecified atom stereocenters. The molecule has 0 saturated carbocycles. The van der Waals surface area contributed by atoms with E-state index in [2.05, 4.69) is 54.5 Å². The van der Waals surface area contributed by atoms with Gasteiger partial charge in [-0.25, -0.2) is 4.98 Å². The van der Waals surface area contributed by atoms with Crippen LogP contribution in [-0.2, 0) is 13.6 Å². The summed E-state index contributed by atoms with van der Waals surface area (Å²) in [7, 11) is 4.20. The second-order valence-electron chi connectivity index (χ2n) is 6.33. The van der Waals surface area contributed by atoms with Crippen molar-refractivity contribution in [3.63, 3.8) is 0 Å². The fourth-order valence-corrected chi connectivity index (χ4v) is 2.11. The van der Waals surface area contributed by atoms with Crippen molar-refractivity contribution in [2.24, 2.45) is 12.5 Å². The zero-order valence-electron chi connectivity index (χ0n) is 12.7. The minimum Gasteiger partial charge on any atom is -0.337 e. The van der Waals surface area contributed by atoms with Gasteiger partial charge in [-0.3, -0.25) is 4.90 Å². The lowest BCUT2D eigenvalue weighted by Gasteiger charge is -2.31. The Kier molecular flexibility index (Phi) is 5.35. The van der Waals surface area contributed by atoms with Crippen molar-refractivity contribution in [2.75, 3.05) is 20.1 Å². The number of nitrogens with zero attached hydrogens (tertiary/aromatic N) is 3. The Morgan fingerprint density at radius 3 is 2.61 bits per heavy atom. The molecule has 1 aromatic rings. The molecule has 0 aliphatic heterocycles. The summed E-state index contributed by atoms with van der Waals surface area (Å²) in [4.78, 5) is 6.70. The van der Waals surface area contributed by atoms with Crippen molar-refractivity contribution in [3.05, 3.63) is 18.2 Å². The summed E-state index contributed by atoms with van der Waals surface area (Å²) in [5, 5.41) is 3.51. The second kappa shape index (κ2) is 6.34. The van der Waals surface area contributed by atoms with Gasteiger partial charge in [0.1, 0.15) is 5.82 Å². The zero-order valence-corrected chi connectivity index (χ0v) is 12.7. The number of rotatable bonds is 7. The molecule has 1 rings (SSSR count). The highest BCUT2D eigenvalue weighted by molar-refractivity contribution is 4.91. The quantitative estimate of drug-likeness (QED) is 0.804. The predicted octanol–water partition coefficient (Wildman–Crippen LogP) is 1.88. The van der Waals surface area contributed by atoms with Crippen LogP contribution >= 0.6 is 0 Å². The van der Waals surface area contributed by atoms with E-state index in [1.165, 1.54) is 0 Å². The summed E-state index contributed by atoms with van der Waals surface area (Å²) in [6.45, 7) is 12.0. The first-order chi connectivity index (χ1) is 8.30. The van der Waals surface area contributed by atoms with Crippen LogP contribution in [0.3, 0.4) is 0 Å². The number of hydrogen-bond acceptors (Lipinski definition) is 3. The molecule has 0 amide bonds. The fraction of sp³-hybridized carbons (Fsp3) is 0.786. The highest BCUT2D eigenvalue weighted by Crippen LogP contribution is 2.16. The number of hydrogen-bond donors (Lipinski definition) is 1. The molecule has 4 heteroatoms. The molecule has 104 valence electrons. The molecule has 4 nitrogen and oxygen atoms in total. The fourth-order valence-electron chi connectivity index (χ4n) is 2.11. The lowest BCUT2D eigenvalue weighted by Crippen LogP contribution is -2.41. The van der Waals surface area contributed by atoms with Gasteiger partial charge in [0.2, 0.25) is 0 Å². The van der Waals surface area contributed by atoms with E-state index in [0.29, 0.717) is 6.04 Å². The molecule has 0 aromatic carbocycles. The highest BCUT2D eigenvalue weighted by Gasteiger charge is 2.20. The molecule has 1 aromatic heterocycles. The van der Waals surface area contributed by atoms with E-state index in [4.69, 9.17) is 0 Å². The van der Waals surface area contributed by atoms with Crippen LogP contribution in [0.4, 0.5) is 0 Å². The lowest BCUT2D eigenvalue weighted by atomic mass is 9.92. The van der Waals surface area contributed by atoms with Gasteiger partial charge < -0.3 is 9.88 Å². The molecule has 1 N–H and O–H groups in total. The van der Waals surface area contributed by atoms with E-state index in [1.54, 1.807) is 0 Å². The first-order valence-corrected chi connectivity index (χ1v) is 6.68. The van der Waals surface area contributed by atoms with Crippen molar-refractivity contribution >= 4 is 0 Å². The Hall–Kier alpha value is -0.870. The average molecular weight is 252 g/mol. The summed E-state index contributed by atoms with van der Waals surface area (Å²) >= 11 is 0. The van der Waals surface area contributed by atoms with Gasteiger partial charge in [-0.15, -0.1) is 0 Å². The van der Waals surface area contributed by atoms with Gasteiger partial charge in [0.25, 0.3) is 0 Å². The topological polar surface area (TPSA) is 33.1 Å². The van der Waals surface area contributed by atoms with Crippen LogP contribution in [0.15, 0.2) is 12.4 Å². The first-order valence-electron chi connectivity index (χ1n) is 6.68. The van der Waals surface area contributed by atoms with Crippen LogP contribution in [-0.4, -0.2) is 40.6 Å². The summed E-state index contributed by atoms with van der Waals surface area (Å²) < 4.78 is 2.08. The molecule has 1 heterocycles. The van der Waals surface area contributed by atoms with Gasteiger partial charge in [0.05, 0.1) is 6.54 Å². The number of nitrogens with one attached hydrogen (secondary N) is 1. The summed E-state index contributed by atoms with van der Waals surface area (Å²) in [6, 6.07) is 0.545. The Balaban J connectivity index is 2.43. The van der Waals surface area contributed by atoms with Gasteiger partial charge in [0.15, 0.2) is 0 Å². The van der Waals surface area contributed by atoms with Crippen LogP contribution < -0.4 is 5.32 Å². The Morgan fingerprint density at radius 2 is 2.11 bits per heavy atom. The van der Waals surface area contributed by atoms with Crippen molar-refractivity contribution in [1.29, 1.82) is 0 Å². The molecule has 0 aliphatic carbocycles. The van der Waals surface area contributed by atoms with E-state index < -0.39 is 0 Å². The summed E-state index contributed by atoms with van der Waals surface area (Å²) in [5.41, 5.74) is 0.268. The molecule has 0 saturated heterocycles. The van der Waals surface area contributed by atoms with E-state index in [-0.39, 0.29) is 5.41 Å². The zero-order chi connectivity index (χ0) is 13.8. The van der Waals surface area contributed by atoms with E-state index in [0.717, 1.165) is 25.5 Å². The Bertz CT molecular complexity index is 354. The third-order valence-corrected chi connectivity index (χ3v) is 3.02. The van der Waals surface area contributed by atoms with Crippen molar-refractivity contribution in [3.8, 4) is 0 Å². The third kappa shape index (κ3) is 5.19. The molecule has 18 heavy (non-hydrogen) atoms. The normalized spacial score (nSPS) is 12.7. The van der Waals surface area contributed by atoms with E-state index >= 15 is 0 Å². The van der Waals surface area contributed by atoms with Crippen LogP contribution in [0.1, 0.15) is 33.5 Å². The highest BCUT2D eigenvalue weighted by atomic mass is 15.2. The minimum absolute atomic E-state index is 0.268. The molecule has 0 spiro atoms. The molecule has 0 aliphatic rings. The van der Waals surface area contributed by atoms with Gasteiger partial charge in [-0.1, -0.05) is 27.7 Å². The van der Waals surface area contributed by atoms with Crippen LogP contribution in [0.25, 0.3) is 0 Å². The van der Waals surface area contributed by atoms with Crippen molar-refractivity contribution < 1.29 is 0 Å². The predicted molar refractivity (Wildman–Crippen MR) is 76.5 cm³/mol. The molecule has 0 atom stereocenters. The number of aromatic nitrogens is 2. The molecular weight excluding hydrogens is 224 g/mol. The lowest BCUT2D eigenvalue weighted by molar-refractivity contribution is 0.191. The standard InChI is InChI=1S/C14H28N4/c1-12(2)16-10-14(3,4)11-17(5)9-13-15-7-8-18(13)6/h7-8,12,16H,9-11H2,1-6H3. The Morgan fingerprint density at radius 1 is 1.44 bits per heavy atom. The smallest absolute Gasteiger partial charge is 0.122 e. The van der Waals surface area contributed by atoms with E-state index in [9.17, 15) is 0 Å². The number of aryl methyl sites for hydroxylation is 1. The van der Waals surface area contributed by atoms with Crippen LogP contribution in [0.5, 0.6) is 0 Å². The first kappa shape index (κ1) is 15.2. The summed E-state index contributed by atoms with van der Waals surface area (Å²) in [6.07, 6.45) is 3.85. The minimum atomic E-state index is 0.268. The van der Waals surface area contributed by atoms with Crippen molar-refractivity contribution in [2.45, 2.75) is 40.3 Å². The maximum Gasteiger partial charge on any atom is 0.122 e. The van der Waals surface area contributed by atoms with Crippen molar-refractivity contribution in [1.82, 2.24) is 19.8 Å². The molecular formula is C14H28N4. The second-order valence-corrected chi connectivity index (χ2v) is 6.33. The molecule has 0 radical (unpaired) electrons. The molecule has 0 fully saturated rings. The van der Waals surface area contributed by atoms with E-state index in [1.807, 2.05) is 19.4 Å². The average Bonchev–Trinajstić information content (AvgIpc) is 2.61.